The molecule has 0 radical (unpaired) electrons. The zero-order valence-corrected chi connectivity index (χ0v) is 15.2. The van der Waals surface area contributed by atoms with Gasteiger partial charge in [0.2, 0.25) is 0 Å². The number of thiophene rings is 1. The second-order valence-corrected chi connectivity index (χ2v) is 8.05. The van der Waals surface area contributed by atoms with E-state index in [9.17, 15) is 4.79 Å². The third kappa shape index (κ3) is 3.17. The molecule has 0 bridgehead atoms. The van der Waals surface area contributed by atoms with E-state index in [0.717, 1.165) is 41.0 Å². The number of carbonyl (C=O) groups is 1. The predicted molar refractivity (Wildman–Crippen MR) is 104 cm³/mol. The van der Waals surface area contributed by atoms with Crippen molar-refractivity contribution in [2.24, 2.45) is 0 Å². The van der Waals surface area contributed by atoms with Gasteiger partial charge < -0.3 is 10.2 Å². The van der Waals surface area contributed by atoms with E-state index in [4.69, 9.17) is 0 Å². The monoisotopic (exact) mass is 364 g/mol. The summed E-state index contributed by atoms with van der Waals surface area (Å²) in [5, 5.41) is 5.11. The molecule has 5 rings (SSSR count). The number of anilines is 1. The molecule has 1 aromatic carbocycles. The molecule has 3 aromatic rings. The fourth-order valence-electron chi connectivity index (χ4n) is 3.20. The zero-order valence-electron chi connectivity index (χ0n) is 14.4. The van der Waals surface area contributed by atoms with Gasteiger partial charge in [-0.2, -0.15) is 0 Å². The van der Waals surface area contributed by atoms with Crippen molar-refractivity contribution >= 4 is 33.3 Å². The van der Waals surface area contributed by atoms with Gasteiger partial charge in [0.05, 0.1) is 10.2 Å². The fourth-order valence-corrected chi connectivity index (χ4v) is 4.05. The van der Waals surface area contributed by atoms with Gasteiger partial charge in [-0.05, 0) is 54.8 Å². The molecule has 0 unspecified atom stereocenters. The SMILES string of the molecule is O=C(NC1CC1)c1ccc(CN(c2ncnc3ccsc23)C2CC2)cc1. The molecule has 2 aliphatic rings. The van der Waals surface area contributed by atoms with Crippen LogP contribution in [0.3, 0.4) is 0 Å². The van der Waals surface area contributed by atoms with E-state index >= 15 is 0 Å². The van der Waals surface area contributed by atoms with Crippen LogP contribution in [0.5, 0.6) is 0 Å². The number of carbonyl (C=O) groups excluding carboxylic acids is 1. The van der Waals surface area contributed by atoms with Crippen LogP contribution in [0.4, 0.5) is 5.82 Å². The van der Waals surface area contributed by atoms with Crippen molar-refractivity contribution in [3.05, 3.63) is 53.2 Å². The Balaban J connectivity index is 1.37. The summed E-state index contributed by atoms with van der Waals surface area (Å²) in [5.41, 5.74) is 2.95. The van der Waals surface area contributed by atoms with E-state index in [2.05, 4.69) is 37.7 Å². The average Bonchev–Trinajstić information content (AvgIpc) is 3.59. The second kappa shape index (κ2) is 6.36. The first-order valence-corrected chi connectivity index (χ1v) is 10.0. The topological polar surface area (TPSA) is 58.1 Å². The number of benzene rings is 1. The third-order valence-corrected chi connectivity index (χ3v) is 5.87. The molecular formula is C20H20N4OS. The number of nitrogens with zero attached hydrogens (tertiary/aromatic N) is 3. The van der Waals surface area contributed by atoms with Crippen LogP contribution in [0.15, 0.2) is 42.0 Å². The molecule has 5 nitrogen and oxygen atoms in total. The first kappa shape index (κ1) is 15.8. The van der Waals surface area contributed by atoms with Crippen molar-refractivity contribution in [2.45, 2.75) is 44.3 Å². The molecular weight excluding hydrogens is 344 g/mol. The van der Waals surface area contributed by atoms with Gasteiger partial charge in [-0.15, -0.1) is 11.3 Å². The van der Waals surface area contributed by atoms with E-state index in [1.54, 1.807) is 17.7 Å². The van der Waals surface area contributed by atoms with Crippen LogP contribution in [-0.4, -0.2) is 28.0 Å². The smallest absolute Gasteiger partial charge is 0.251 e. The maximum Gasteiger partial charge on any atom is 0.251 e. The molecule has 0 aliphatic heterocycles. The Morgan fingerprint density at radius 2 is 1.92 bits per heavy atom. The van der Waals surface area contributed by atoms with Crippen molar-refractivity contribution in [1.82, 2.24) is 15.3 Å². The van der Waals surface area contributed by atoms with Crippen LogP contribution >= 0.6 is 11.3 Å². The van der Waals surface area contributed by atoms with Crippen LogP contribution in [0.1, 0.15) is 41.6 Å². The van der Waals surface area contributed by atoms with Crippen LogP contribution < -0.4 is 10.2 Å². The molecule has 2 fully saturated rings. The molecule has 1 amide bonds. The first-order valence-electron chi connectivity index (χ1n) is 9.12. The number of fused-ring (bicyclic) bond motifs is 1. The highest BCUT2D eigenvalue weighted by Gasteiger charge is 2.31. The maximum absolute atomic E-state index is 12.1. The Kier molecular flexibility index (Phi) is 3.85. The number of amides is 1. The molecule has 132 valence electrons. The third-order valence-electron chi connectivity index (χ3n) is 4.97. The van der Waals surface area contributed by atoms with Gasteiger partial charge in [0, 0.05) is 24.2 Å². The summed E-state index contributed by atoms with van der Waals surface area (Å²) in [6.07, 6.45) is 6.29. The van der Waals surface area contributed by atoms with Crippen molar-refractivity contribution in [1.29, 1.82) is 0 Å². The number of hydrogen-bond acceptors (Lipinski definition) is 5. The largest absolute Gasteiger partial charge is 0.349 e. The Morgan fingerprint density at radius 3 is 2.65 bits per heavy atom. The molecule has 1 N–H and O–H groups in total. The minimum absolute atomic E-state index is 0.0363. The summed E-state index contributed by atoms with van der Waals surface area (Å²) in [7, 11) is 0. The average molecular weight is 364 g/mol. The standard InChI is InChI=1S/C20H20N4OS/c25-20(23-15-5-6-15)14-3-1-13(2-4-14)11-24(16-7-8-16)19-18-17(9-10-26-18)21-12-22-19/h1-4,9-10,12,15-16H,5-8,11H2,(H,23,25). The Labute approximate surface area is 156 Å². The van der Waals surface area contributed by atoms with E-state index in [1.165, 1.54) is 18.4 Å². The van der Waals surface area contributed by atoms with Crippen LogP contribution in [0, 0.1) is 0 Å². The van der Waals surface area contributed by atoms with Crippen LogP contribution in [0.25, 0.3) is 10.2 Å². The number of aromatic nitrogens is 2. The maximum atomic E-state index is 12.1. The molecule has 2 heterocycles. The van der Waals surface area contributed by atoms with Gasteiger partial charge >= 0.3 is 0 Å². The first-order chi connectivity index (χ1) is 12.8. The Morgan fingerprint density at radius 1 is 1.12 bits per heavy atom. The van der Waals surface area contributed by atoms with Crippen molar-refractivity contribution < 1.29 is 4.79 Å². The summed E-state index contributed by atoms with van der Waals surface area (Å²) in [6.45, 7) is 0.805. The molecule has 26 heavy (non-hydrogen) atoms. The van der Waals surface area contributed by atoms with Crippen molar-refractivity contribution in [3.63, 3.8) is 0 Å². The normalized spacial score (nSPS) is 16.6. The van der Waals surface area contributed by atoms with Crippen molar-refractivity contribution in [3.8, 4) is 0 Å². The van der Waals surface area contributed by atoms with Gasteiger partial charge in [-0.1, -0.05) is 12.1 Å². The number of rotatable bonds is 6. The minimum atomic E-state index is 0.0363. The fraction of sp³-hybridized carbons (Fsp3) is 0.350. The highest BCUT2D eigenvalue weighted by Crippen LogP contribution is 2.36. The van der Waals surface area contributed by atoms with Gasteiger partial charge in [0.15, 0.2) is 5.82 Å². The second-order valence-electron chi connectivity index (χ2n) is 7.14. The lowest BCUT2D eigenvalue weighted by Gasteiger charge is -2.24. The molecule has 0 spiro atoms. The molecule has 0 atom stereocenters. The van der Waals surface area contributed by atoms with Gasteiger partial charge in [-0.3, -0.25) is 4.79 Å². The van der Waals surface area contributed by atoms with E-state index in [0.29, 0.717) is 12.1 Å². The lowest BCUT2D eigenvalue weighted by molar-refractivity contribution is 0.0951. The van der Waals surface area contributed by atoms with Gasteiger partial charge in [0.25, 0.3) is 5.91 Å². The van der Waals surface area contributed by atoms with Gasteiger partial charge in [0.1, 0.15) is 6.33 Å². The summed E-state index contributed by atoms with van der Waals surface area (Å²) in [6, 6.07) is 11.0. The van der Waals surface area contributed by atoms with Crippen LogP contribution in [0.2, 0.25) is 0 Å². The molecule has 2 aromatic heterocycles. The molecule has 2 saturated carbocycles. The van der Waals surface area contributed by atoms with Gasteiger partial charge in [-0.25, -0.2) is 9.97 Å². The Hall–Kier alpha value is -2.47. The van der Waals surface area contributed by atoms with E-state index in [1.807, 2.05) is 18.2 Å². The molecule has 2 aliphatic carbocycles. The number of hydrogen-bond donors (Lipinski definition) is 1. The van der Waals surface area contributed by atoms with Crippen molar-refractivity contribution in [2.75, 3.05) is 4.90 Å². The summed E-state index contributed by atoms with van der Waals surface area (Å²) in [5.74, 6) is 1.07. The lowest BCUT2D eigenvalue weighted by Crippen LogP contribution is -2.27. The highest BCUT2D eigenvalue weighted by atomic mass is 32.1. The predicted octanol–water partition coefficient (Wildman–Crippen LogP) is 3.75. The quantitative estimate of drug-likeness (QED) is 0.724. The van der Waals surface area contributed by atoms with E-state index < -0.39 is 0 Å². The van der Waals surface area contributed by atoms with Crippen LogP contribution in [-0.2, 0) is 6.54 Å². The summed E-state index contributed by atoms with van der Waals surface area (Å²) >= 11 is 1.70. The molecule has 0 saturated heterocycles. The molecule has 6 heteroatoms. The summed E-state index contributed by atoms with van der Waals surface area (Å²) in [4.78, 5) is 23.5. The summed E-state index contributed by atoms with van der Waals surface area (Å²) < 4.78 is 1.15. The minimum Gasteiger partial charge on any atom is -0.349 e. The Bertz CT molecular complexity index is 944. The lowest BCUT2D eigenvalue weighted by atomic mass is 10.1. The number of nitrogens with one attached hydrogen (secondary N) is 1. The van der Waals surface area contributed by atoms with E-state index in [-0.39, 0.29) is 5.91 Å². The zero-order chi connectivity index (χ0) is 17.5. The highest BCUT2D eigenvalue weighted by molar-refractivity contribution is 7.17.